The van der Waals surface area contributed by atoms with Crippen LogP contribution < -0.4 is 5.73 Å². The zero-order valence-electron chi connectivity index (χ0n) is 11.1. The van der Waals surface area contributed by atoms with Gasteiger partial charge in [-0.2, -0.15) is 0 Å². The average molecular weight is 242 g/mol. The number of hydrogen-bond donors (Lipinski definition) is 2. The van der Waals surface area contributed by atoms with E-state index in [9.17, 15) is 9.90 Å². The summed E-state index contributed by atoms with van der Waals surface area (Å²) in [4.78, 5) is 14.0. The van der Waals surface area contributed by atoms with Crippen LogP contribution in [0.2, 0.25) is 0 Å². The second-order valence-electron chi connectivity index (χ2n) is 5.28. The van der Waals surface area contributed by atoms with E-state index in [-0.39, 0.29) is 17.9 Å². The van der Waals surface area contributed by atoms with Gasteiger partial charge in [0.1, 0.15) is 0 Å². The van der Waals surface area contributed by atoms with E-state index in [1.54, 1.807) is 11.8 Å². The smallest absolute Gasteiger partial charge is 0.225 e. The molecule has 3 unspecified atom stereocenters. The van der Waals surface area contributed by atoms with Crippen LogP contribution in [0.3, 0.4) is 0 Å². The lowest BCUT2D eigenvalue weighted by Crippen LogP contribution is -2.41. The van der Waals surface area contributed by atoms with Gasteiger partial charge in [0.05, 0.1) is 6.10 Å². The van der Waals surface area contributed by atoms with Gasteiger partial charge in [-0.3, -0.25) is 4.79 Å². The molecule has 0 spiro atoms. The van der Waals surface area contributed by atoms with Crippen LogP contribution in [0.25, 0.3) is 0 Å². The minimum absolute atomic E-state index is 0.104. The molecule has 0 aromatic heterocycles. The summed E-state index contributed by atoms with van der Waals surface area (Å²) >= 11 is 0. The molecular weight excluding hydrogens is 216 g/mol. The number of nitrogens with two attached hydrogens (primary N) is 1. The molecule has 0 aromatic rings. The first-order chi connectivity index (χ1) is 8.06. The fourth-order valence-corrected chi connectivity index (χ4v) is 2.59. The molecule has 4 nitrogen and oxygen atoms in total. The van der Waals surface area contributed by atoms with E-state index in [4.69, 9.17) is 5.73 Å². The fraction of sp³-hybridized carbons (Fsp3) is 0.923. The number of nitrogens with zero attached hydrogens (tertiary/aromatic N) is 1. The highest BCUT2D eigenvalue weighted by molar-refractivity contribution is 5.79. The van der Waals surface area contributed by atoms with E-state index in [1.165, 1.54) is 6.42 Å². The van der Waals surface area contributed by atoms with Gasteiger partial charge in [-0.25, -0.2) is 0 Å². The van der Waals surface area contributed by atoms with Crippen molar-refractivity contribution in [3.63, 3.8) is 0 Å². The Hall–Kier alpha value is -0.610. The van der Waals surface area contributed by atoms with Gasteiger partial charge in [-0.1, -0.05) is 12.8 Å². The maximum Gasteiger partial charge on any atom is 0.225 e. The molecule has 4 heteroatoms. The number of rotatable bonds is 5. The van der Waals surface area contributed by atoms with Crippen molar-refractivity contribution in [3.05, 3.63) is 0 Å². The van der Waals surface area contributed by atoms with Gasteiger partial charge in [0.2, 0.25) is 5.91 Å². The van der Waals surface area contributed by atoms with Crippen molar-refractivity contribution in [1.82, 2.24) is 4.90 Å². The van der Waals surface area contributed by atoms with Crippen molar-refractivity contribution < 1.29 is 9.90 Å². The number of aliphatic hydroxyl groups excluding tert-OH is 1. The molecule has 1 aliphatic carbocycles. The number of amides is 1. The Balaban J connectivity index is 2.48. The minimum Gasteiger partial charge on any atom is -0.393 e. The van der Waals surface area contributed by atoms with Gasteiger partial charge >= 0.3 is 0 Å². The van der Waals surface area contributed by atoms with Crippen LogP contribution >= 0.6 is 0 Å². The van der Waals surface area contributed by atoms with Crippen LogP contribution in [-0.2, 0) is 4.79 Å². The summed E-state index contributed by atoms with van der Waals surface area (Å²) in [5.41, 5.74) is 5.74. The zero-order chi connectivity index (χ0) is 12.8. The second kappa shape index (κ2) is 6.97. The Morgan fingerprint density at radius 2 is 2.12 bits per heavy atom. The van der Waals surface area contributed by atoms with Crippen molar-refractivity contribution >= 4 is 5.91 Å². The largest absolute Gasteiger partial charge is 0.393 e. The molecule has 3 atom stereocenters. The normalized spacial score (nSPS) is 26.6. The molecule has 0 saturated heterocycles. The van der Waals surface area contributed by atoms with Crippen LogP contribution in [-0.4, -0.2) is 42.2 Å². The molecule has 0 aromatic carbocycles. The van der Waals surface area contributed by atoms with Crippen LogP contribution in [0.4, 0.5) is 0 Å². The number of carbonyl (C=O) groups excluding carboxylic acids is 1. The SMILES string of the molecule is CC(O)CCN(C)C(=O)C1CCCCC1CN. The number of carbonyl (C=O) groups is 1. The summed E-state index contributed by atoms with van der Waals surface area (Å²) in [6.45, 7) is 2.99. The maximum atomic E-state index is 12.3. The number of aliphatic hydroxyl groups is 1. The summed E-state index contributed by atoms with van der Waals surface area (Å²) in [5.74, 6) is 0.666. The first kappa shape index (κ1) is 14.5. The highest BCUT2D eigenvalue weighted by Crippen LogP contribution is 2.30. The molecule has 1 fully saturated rings. The molecule has 1 rings (SSSR count). The van der Waals surface area contributed by atoms with E-state index >= 15 is 0 Å². The van der Waals surface area contributed by atoms with Gasteiger partial charge in [0.25, 0.3) is 0 Å². The lowest BCUT2D eigenvalue weighted by atomic mass is 9.78. The van der Waals surface area contributed by atoms with Crippen molar-refractivity contribution in [2.24, 2.45) is 17.6 Å². The highest BCUT2D eigenvalue weighted by Gasteiger charge is 2.31. The molecule has 0 radical (unpaired) electrons. The van der Waals surface area contributed by atoms with Gasteiger partial charge in [0.15, 0.2) is 0 Å². The molecular formula is C13H26N2O2. The van der Waals surface area contributed by atoms with E-state index < -0.39 is 0 Å². The molecule has 0 heterocycles. The van der Waals surface area contributed by atoms with Crippen molar-refractivity contribution in [2.45, 2.75) is 45.1 Å². The van der Waals surface area contributed by atoms with Crippen LogP contribution in [0.1, 0.15) is 39.0 Å². The molecule has 1 aliphatic rings. The molecule has 17 heavy (non-hydrogen) atoms. The average Bonchev–Trinajstić information content (AvgIpc) is 2.34. The zero-order valence-corrected chi connectivity index (χ0v) is 11.1. The topological polar surface area (TPSA) is 66.6 Å². The number of hydrogen-bond acceptors (Lipinski definition) is 3. The van der Waals surface area contributed by atoms with Gasteiger partial charge in [-0.15, -0.1) is 0 Å². The Labute approximate surface area is 104 Å². The summed E-state index contributed by atoms with van der Waals surface area (Å²) in [7, 11) is 1.83. The van der Waals surface area contributed by atoms with E-state index in [0.29, 0.717) is 25.4 Å². The first-order valence-electron chi connectivity index (χ1n) is 6.69. The van der Waals surface area contributed by atoms with Crippen LogP contribution in [0.15, 0.2) is 0 Å². The third kappa shape index (κ3) is 4.28. The van der Waals surface area contributed by atoms with Crippen molar-refractivity contribution in [1.29, 1.82) is 0 Å². The standard InChI is InChI=1S/C13H26N2O2/c1-10(16)7-8-15(2)13(17)12-6-4-3-5-11(12)9-14/h10-12,16H,3-9,14H2,1-2H3. The highest BCUT2D eigenvalue weighted by atomic mass is 16.3. The van der Waals surface area contributed by atoms with Gasteiger partial charge < -0.3 is 15.7 Å². The molecule has 100 valence electrons. The van der Waals surface area contributed by atoms with Crippen molar-refractivity contribution in [3.8, 4) is 0 Å². The summed E-state index contributed by atoms with van der Waals surface area (Å²) in [6.07, 6.45) is 4.68. The van der Waals surface area contributed by atoms with Crippen LogP contribution in [0.5, 0.6) is 0 Å². The third-order valence-corrected chi connectivity index (χ3v) is 3.79. The second-order valence-corrected chi connectivity index (χ2v) is 5.28. The molecule has 1 amide bonds. The molecule has 1 saturated carbocycles. The molecule has 0 bridgehead atoms. The monoisotopic (exact) mass is 242 g/mol. The summed E-state index contributed by atoms with van der Waals surface area (Å²) < 4.78 is 0. The summed E-state index contributed by atoms with van der Waals surface area (Å²) in [6, 6.07) is 0. The Bertz CT molecular complexity index is 244. The van der Waals surface area contributed by atoms with Crippen LogP contribution in [0, 0.1) is 11.8 Å². The third-order valence-electron chi connectivity index (χ3n) is 3.79. The lowest BCUT2D eigenvalue weighted by Gasteiger charge is -2.32. The van der Waals surface area contributed by atoms with Gasteiger partial charge in [-0.05, 0) is 38.6 Å². The Morgan fingerprint density at radius 1 is 1.47 bits per heavy atom. The van der Waals surface area contributed by atoms with E-state index in [0.717, 1.165) is 19.3 Å². The summed E-state index contributed by atoms with van der Waals surface area (Å²) in [5, 5.41) is 9.23. The van der Waals surface area contributed by atoms with E-state index in [2.05, 4.69) is 0 Å². The predicted octanol–water partition coefficient (Wildman–Crippen LogP) is 0.981. The maximum absolute atomic E-state index is 12.3. The Morgan fingerprint density at radius 3 is 2.71 bits per heavy atom. The molecule has 0 aliphatic heterocycles. The lowest BCUT2D eigenvalue weighted by molar-refractivity contribution is -0.137. The first-order valence-corrected chi connectivity index (χ1v) is 6.69. The van der Waals surface area contributed by atoms with E-state index in [1.807, 2.05) is 7.05 Å². The predicted molar refractivity (Wildman–Crippen MR) is 68.4 cm³/mol. The Kier molecular flexibility index (Phi) is 5.92. The van der Waals surface area contributed by atoms with Crippen molar-refractivity contribution in [2.75, 3.05) is 20.1 Å². The fourth-order valence-electron chi connectivity index (χ4n) is 2.59. The van der Waals surface area contributed by atoms with Gasteiger partial charge in [0, 0.05) is 19.5 Å². The molecule has 3 N–H and O–H groups in total. The minimum atomic E-state index is -0.345. The quantitative estimate of drug-likeness (QED) is 0.755.